The van der Waals surface area contributed by atoms with Crippen LogP contribution in [-0.4, -0.2) is 33.2 Å². The maximum Gasteiger partial charge on any atom is 0.335 e. The fourth-order valence-electron chi connectivity index (χ4n) is 3.63. The molecule has 0 heterocycles. The van der Waals surface area contributed by atoms with Gasteiger partial charge in [0.15, 0.2) is 0 Å². The molecule has 0 bridgehead atoms. The first kappa shape index (κ1) is 25.7. The van der Waals surface area contributed by atoms with Crippen LogP contribution < -0.4 is 0 Å². The van der Waals surface area contributed by atoms with E-state index in [-0.39, 0.29) is 17.5 Å². The Morgan fingerprint density at radius 2 is 0.900 bits per heavy atom. The van der Waals surface area contributed by atoms with E-state index >= 15 is 0 Å². The van der Waals surface area contributed by atoms with E-state index in [2.05, 4.69) is 0 Å². The molecule has 0 radical (unpaired) electrons. The number of unbranched alkanes of at least 4 members (excludes halogenated alkanes) is 12. The summed E-state index contributed by atoms with van der Waals surface area (Å²) in [5, 5.41) is 26.8. The van der Waals surface area contributed by atoms with Crippen LogP contribution in [0.15, 0.2) is 18.2 Å². The molecular weight excluding hydrogens is 384 g/mol. The monoisotopic (exact) mass is 420 g/mol. The van der Waals surface area contributed by atoms with Crippen molar-refractivity contribution in [2.24, 2.45) is 0 Å². The average molecular weight is 421 g/mol. The summed E-state index contributed by atoms with van der Waals surface area (Å²) in [4.78, 5) is 32.7. The van der Waals surface area contributed by atoms with Crippen LogP contribution in [0.25, 0.3) is 0 Å². The van der Waals surface area contributed by atoms with E-state index in [0.717, 1.165) is 44.1 Å². The van der Waals surface area contributed by atoms with Crippen LogP contribution in [0.5, 0.6) is 0 Å². The molecule has 30 heavy (non-hydrogen) atoms. The van der Waals surface area contributed by atoms with Gasteiger partial charge in [0.1, 0.15) is 0 Å². The Morgan fingerprint density at radius 3 is 1.27 bits per heavy atom. The number of aryl methyl sites for hydroxylation is 1. The number of carboxylic acid groups (broad SMARTS) is 3. The highest BCUT2D eigenvalue weighted by Gasteiger charge is 2.11. The van der Waals surface area contributed by atoms with Gasteiger partial charge in [0.05, 0.1) is 11.1 Å². The molecule has 0 spiro atoms. The number of aliphatic carboxylic acids is 1. The maximum absolute atomic E-state index is 11.1. The summed E-state index contributed by atoms with van der Waals surface area (Å²) in [6.45, 7) is 0. The zero-order chi connectivity index (χ0) is 22.2. The summed E-state index contributed by atoms with van der Waals surface area (Å²) in [6.07, 6.45) is 15.7. The van der Waals surface area contributed by atoms with Crippen LogP contribution in [0.2, 0.25) is 0 Å². The number of aromatic carboxylic acids is 2. The van der Waals surface area contributed by atoms with Crippen LogP contribution in [0, 0.1) is 0 Å². The fraction of sp³-hybridized carbons (Fsp3) is 0.625. The maximum atomic E-state index is 11.1. The highest BCUT2D eigenvalue weighted by atomic mass is 16.4. The van der Waals surface area contributed by atoms with Gasteiger partial charge in [0, 0.05) is 6.42 Å². The van der Waals surface area contributed by atoms with Crippen molar-refractivity contribution in [3.8, 4) is 0 Å². The molecule has 0 saturated heterocycles. The van der Waals surface area contributed by atoms with Crippen LogP contribution in [0.3, 0.4) is 0 Å². The molecule has 0 atom stereocenters. The predicted octanol–water partition coefficient (Wildman–Crippen LogP) is 6.17. The third-order valence-electron chi connectivity index (χ3n) is 5.34. The molecular formula is C24H36O6. The molecule has 1 rings (SSSR count). The van der Waals surface area contributed by atoms with Gasteiger partial charge < -0.3 is 15.3 Å². The highest BCUT2D eigenvalue weighted by Crippen LogP contribution is 2.16. The molecule has 168 valence electrons. The van der Waals surface area contributed by atoms with Gasteiger partial charge in [0.2, 0.25) is 0 Å². The predicted molar refractivity (Wildman–Crippen MR) is 116 cm³/mol. The van der Waals surface area contributed by atoms with Gasteiger partial charge in [-0.2, -0.15) is 0 Å². The third-order valence-corrected chi connectivity index (χ3v) is 5.34. The van der Waals surface area contributed by atoms with Crippen molar-refractivity contribution in [2.45, 2.75) is 96.3 Å². The lowest BCUT2D eigenvalue weighted by molar-refractivity contribution is -0.137. The zero-order valence-electron chi connectivity index (χ0n) is 17.9. The summed E-state index contributed by atoms with van der Waals surface area (Å²) in [5.74, 6) is -2.90. The number of hydrogen-bond donors (Lipinski definition) is 3. The van der Waals surface area contributed by atoms with Crippen molar-refractivity contribution >= 4 is 17.9 Å². The van der Waals surface area contributed by atoms with E-state index in [4.69, 9.17) is 15.3 Å². The SMILES string of the molecule is O=C(O)CCCCCCCCCCCCCCCc1cc(C(=O)O)cc(C(=O)O)c1. The Balaban J connectivity index is 2.02. The third kappa shape index (κ3) is 12.2. The topological polar surface area (TPSA) is 112 Å². The minimum Gasteiger partial charge on any atom is -0.481 e. The molecule has 0 saturated carbocycles. The van der Waals surface area contributed by atoms with Crippen molar-refractivity contribution < 1.29 is 29.7 Å². The second kappa shape index (κ2) is 15.5. The van der Waals surface area contributed by atoms with Gasteiger partial charge in [-0.25, -0.2) is 9.59 Å². The zero-order valence-corrected chi connectivity index (χ0v) is 17.9. The smallest absolute Gasteiger partial charge is 0.335 e. The van der Waals surface area contributed by atoms with E-state index in [9.17, 15) is 14.4 Å². The quantitative estimate of drug-likeness (QED) is 0.245. The summed E-state index contributed by atoms with van der Waals surface area (Å²) in [6, 6.07) is 4.34. The Hall–Kier alpha value is -2.37. The number of benzene rings is 1. The van der Waals surface area contributed by atoms with E-state index in [1.54, 1.807) is 12.1 Å². The van der Waals surface area contributed by atoms with Crippen LogP contribution in [0.4, 0.5) is 0 Å². The van der Waals surface area contributed by atoms with Gasteiger partial charge in [-0.3, -0.25) is 4.79 Å². The minimum atomic E-state index is -1.10. The summed E-state index contributed by atoms with van der Waals surface area (Å²) < 4.78 is 0. The molecule has 0 aliphatic carbocycles. The molecule has 0 aliphatic heterocycles. The molecule has 0 unspecified atom stereocenters. The second-order valence-corrected chi connectivity index (χ2v) is 8.02. The van der Waals surface area contributed by atoms with Gasteiger partial charge in [-0.1, -0.05) is 70.6 Å². The van der Waals surface area contributed by atoms with E-state index < -0.39 is 17.9 Å². The molecule has 1 aromatic carbocycles. The van der Waals surface area contributed by atoms with Crippen molar-refractivity contribution in [3.05, 3.63) is 34.9 Å². The Bertz CT molecular complexity index is 635. The number of rotatable bonds is 18. The van der Waals surface area contributed by atoms with Crippen LogP contribution in [0.1, 0.15) is 116 Å². The van der Waals surface area contributed by atoms with Crippen molar-refractivity contribution in [3.63, 3.8) is 0 Å². The van der Waals surface area contributed by atoms with Crippen molar-refractivity contribution in [2.75, 3.05) is 0 Å². The molecule has 3 N–H and O–H groups in total. The first-order valence-corrected chi connectivity index (χ1v) is 11.2. The highest BCUT2D eigenvalue weighted by molar-refractivity contribution is 5.94. The van der Waals surface area contributed by atoms with Crippen LogP contribution >= 0.6 is 0 Å². The average Bonchev–Trinajstić information content (AvgIpc) is 2.70. The Morgan fingerprint density at radius 1 is 0.533 bits per heavy atom. The minimum absolute atomic E-state index is 0.0326. The fourth-order valence-corrected chi connectivity index (χ4v) is 3.63. The largest absolute Gasteiger partial charge is 0.481 e. The van der Waals surface area contributed by atoms with Crippen molar-refractivity contribution in [1.82, 2.24) is 0 Å². The standard InChI is InChI=1S/C24H36O6/c25-22(26)15-13-11-9-7-5-3-1-2-4-6-8-10-12-14-19-16-20(23(27)28)18-21(17-19)24(29)30/h16-18H,1-15H2,(H,25,26)(H,27,28)(H,29,30). The lowest BCUT2D eigenvalue weighted by Gasteiger charge is -2.06. The molecule has 0 amide bonds. The Labute approximate surface area is 179 Å². The van der Waals surface area contributed by atoms with Gasteiger partial charge in [0.25, 0.3) is 0 Å². The molecule has 0 aliphatic rings. The number of carboxylic acids is 3. The molecule has 6 nitrogen and oxygen atoms in total. The van der Waals surface area contributed by atoms with Crippen molar-refractivity contribution in [1.29, 1.82) is 0 Å². The number of hydrogen-bond acceptors (Lipinski definition) is 3. The molecule has 1 aromatic rings. The first-order valence-electron chi connectivity index (χ1n) is 11.2. The lowest BCUT2D eigenvalue weighted by Crippen LogP contribution is -2.04. The second-order valence-electron chi connectivity index (χ2n) is 8.02. The summed E-state index contributed by atoms with van der Waals surface area (Å²) in [7, 11) is 0. The van der Waals surface area contributed by atoms with Gasteiger partial charge >= 0.3 is 17.9 Å². The first-order chi connectivity index (χ1) is 14.4. The summed E-state index contributed by atoms with van der Waals surface area (Å²) in [5.41, 5.74) is 0.839. The van der Waals surface area contributed by atoms with E-state index in [0.29, 0.717) is 6.42 Å². The molecule has 6 heteroatoms. The van der Waals surface area contributed by atoms with Crippen LogP contribution in [-0.2, 0) is 11.2 Å². The normalized spacial score (nSPS) is 10.8. The van der Waals surface area contributed by atoms with E-state index in [1.165, 1.54) is 51.0 Å². The lowest BCUT2D eigenvalue weighted by atomic mass is 10.00. The summed E-state index contributed by atoms with van der Waals surface area (Å²) >= 11 is 0. The molecule has 0 fully saturated rings. The Kier molecular flexibility index (Phi) is 13.2. The van der Waals surface area contributed by atoms with E-state index in [1.807, 2.05) is 0 Å². The molecule has 0 aromatic heterocycles. The van der Waals surface area contributed by atoms with Gasteiger partial charge in [-0.05, 0) is 43.0 Å². The van der Waals surface area contributed by atoms with Gasteiger partial charge in [-0.15, -0.1) is 0 Å². The number of carbonyl (C=O) groups is 3.